The number of hydrogen-bond acceptors (Lipinski definition) is 3. The summed E-state index contributed by atoms with van der Waals surface area (Å²) in [5.74, 6) is 0.886. The SMILES string of the molecule is CC1(O)CCC2(CCC(=O)NC3CC3)C(NC(=O)C3CC3)CC(C)(C)C2C1. The number of hydrogen-bond donors (Lipinski definition) is 3. The maximum absolute atomic E-state index is 12.6. The molecule has 0 aromatic rings. The van der Waals surface area contributed by atoms with Gasteiger partial charge in [-0.1, -0.05) is 13.8 Å². The zero-order valence-corrected chi connectivity index (χ0v) is 17.1. The molecule has 5 heteroatoms. The summed E-state index contributed by atoms with van der Waals surface area (Å²) in [6.07, 6.45) is 8.92. The van der Waals surface area contributed by atoms with Crippen LogP contribution in [0.4, 0.5) is 0 Å². The van der Waals surface area contributed by atoms with Gasteiger partial charge in [0.1, 0.15) is 0 Å². The third-order valence-corrected chi connectivity index (χ3v) is 7.86. The zero-order valence-electron chi connectivity index (χ0n) is 17.1. The second-order valence-electron chi connectivity index (χ2n) is 10.9. The van der Waals surface area contributed by atoms with E-state index in [1.165, 1.54) is 0 Å². The zero-order chi connectivity index (χ0) is 19.4. The predicted molar refractivity (Wildman–Crippen MR) is 104 cm³/mol. The molecule has 4 fully saturated rings. The molecule has 3 N–H and O–H groups in total. The Morgan fingerprint density at radius 3 is 2.33 bits per heavy atom. The lowest BCUT2D eigenvalue weighted by Gasteiger charge is -2.50. The molecular weight excluding hydrogens is 340 g/mol. The van der Waals surface area contributed by atoms with E-state index in [-0.39, 0.29) is 34.6 Å². The average Bonchev–Trinajstić information content (AvgIpc) is 3.46. The fourth-order valence-electron chi connectivity index (χ4n) is 5.94. The minimum absolute atomic E-state index is 0.0544. The molecule has 0 radical (unpaired) electrons. The van der Waals surface area contributed by atoms with Crippen molar-refractivity contribution in [1.82, 2.24) is 10.6 Å². The van der Waals surface area contributed by atoms with E-state index in [0.717, 1.165) is 57.8 Å². The lowest BCUT2D eigenvalue weighted by Crippen LogP contribution is -2.53. The summed E-state index contributed by atoms with van der Waals surface area (Å²) in [7, 11) is 0. The van der Waals surface area contributed by atoms with E-state index in [2.05, 4.69) is 24.5 Å². The summed E-state index contributed by atoms with van der Waals surface area (Å²) in [6, 6.07) is 0.513. The molecule has 27 heavy (non-hydrogen) atoms. The predicted octanol–water partition coefficient (Wildman–Crippen LogP) is 2.91. The first-order chi connectivity index (χ1) is 12.6. The van der Waals surface area contributed by atoms with Crippen LogP contribution in [0.25, 0.3) is 0 Å². The van der Waals surface area contributed by atoms with Crippen molar-refractivity contribution < 1.29 is 14.7 Å². The van der Waals surface area contributed by atoms with Crippen LogP contribution in [0, 0.1) is 22.7 Å². The molecule has 5 nitrogen and oxygen atoms in total. The lowest BCUT2D eigenvalue weighted by atomic mass is 9.57. The summed E-state index contributed by atoms with van der Waals surface area (Å²) in [6.45, 7) is 6.51. The van der Waals surface area contributed by atoms with Crippen LogP contribution in [-0.2, 0) is 9.59 Å². The highest BCUT2D eigenvalue weighted by Crippen LogP contribution is 2.64. The number of aliphatic hydroxyl groups is 1. The maximum Gasteiger partial charge on any atom is 0.223 e. The van der Waals surface area contributed by atoms with Gasteiger partial charge in [0, 0.05) is 24.4 Å². The Hall–Kier alpha value is -1.10. The van der Waals surface area contributed by atoms with Crippen LogP contribution in [-0.4, -0.2) is 34.6 Å². The average molecular weight is 377 g/mol. The van der Waals surface area contributed by atoms with Crippen molar-refractivity contribution in [3.63, 3.8) is 0 Å². The summed E-state index contributed by atoms with van der Waals surface area (Å²) < 4.78 is 0. The van der Waals surface area contributed by atoms with E-state index in [0.29, 0.717) is 18.4 Å². The van der Waals surface area contributed by atoms with Crippen LogP contribution in [0.2, 0.25) is 0 Å². The van der Waals surface area contributed by atoms with Crippen molar-refractivity contribution in [2.45, 2.75) is 103 Å². The van der Waals surface area contributed by atoms with E-state index in [1.54, 1.807) is 0 Å². The molecule has 4 aliphatic rings. The Balaban J connectivity index is 1.55. The second-order valence-corrected chi connectivity index (χ2v) is 10.9. The van der Waals surface area contributed by atoms with Gasteiger partial charge in [-0.2, -0.15) is 0 Å². The minimum Gasteiger partial charge on any atom is -0.390 e. The summed E-state index contributed by atoms with van der Waals surface area (Å²) in [5, 5.41) is 17.3. The van der Waals surface area contributed by atoms with Gasteiger partial charge >= 0.3 is 0 Å². The molecule has 0 heterocycles. The van der Waals surface area contributed by atoms with Crippen molar-refractivity contribution in [3.8, 4) is 0 Å². The van der Waals surface area contributed by atoms with Crippen LogP contribution in [0.1, 0.15) is 85.0 Å². The van der Waals surface area contributed by atoms with Gasteiger partial charge in [-0.3, -0.25) is 9.59 Å². The summed E-state index contributed by atoms with van der Waals surface area (Å²) >= 11 is 0. The molecule has 4 saturated carbocycles. The fraction of sp³-hybridized carbons (Fsp3) is 0.909. The molecule has 4 rings (SSSR count). The Kier molecular flexibility index (Phi) is 4.60. The van der Waals surface area contributed by atoms with Crippen molar-refractivity contribution in [2.75, 3.05) is 0 Å². The third kappa shape index (κ3) is 3.90. The van der Waals surface area contributed by atoms with E-state index in [1.807, 2.05) is 6.92 Å². The second kappa shape index (κ2) is 6.47. The Labute approximate surface area is 163 Å². The van der Waals surface area contributed by atoms with Crippen LogP contribution < -0.4 is 10.6 Å². The molecule has 4 aliphatic carbocycles. The van der Waals surface area contributed by atoms with Gasteiger partial charge in [0.2, 0.25) is 11.8 Å². The standard InChI is InChI=1S/C22H36N2O3/c1-20(2)13-17(24-19(26)14-4-5-14)22(9-8-18(25)23-15-6-7-15)11-10-21(3,27)12-16(20)22/h14-17,27H,4-13H2,1-3H3,(H,23,25)(H,24,26). The van der Waals surface area contributed by atoms with Gasteiger partial charge in [0.05, 0.1) is 5.60 Å². The fourth-order valence-corrected chi connectivity index (χ4v) is 5.94. The van der Waals surface area contributed by atoms with Crippen molar-refractivity contribution in [3.05, 3.63) is 0 Å². The third-order valence-electron chi connectivity index (χ3n) is 7.86. The van der Waals surface area contributed by atoms with Gasteiger partial charge in [0.25, 0.3) is 0 Å². The molecule has 0 aromatic heterocycles. The first-order valence-electron chi connectivity index (χ1n) is 10.9. The van der Waals surface area contributed by atoms with E-state index in [9.17, 15) is 14.7 Å². The Bertz CT molecular complexity index is 621. The van der Waals surface area contributed by atoms with Gasteiger partial charge in [0.15, 0.2) is 0 Å². The quantitative estimate of drug-likeness (QED) is 0.667. The maximum atomic E-state index is 12.6. The van der Waals surface area contributed by atoms with Crippen LogP contribution in [0.3, 0.4) is 0 Å². The topological polar surface area (TPSA) is 78.4 Å². The van der Waals surface area contributed by atoms with Gasteiger partial charge in [-0.15, -0.1) is 0 Å². The number of fused-ring (bicyclic) bond motifs is 1. The molecule has 4 atom stereocenters. The smallest absolute Gasteiger partial charge is 0.223 e. The molecule has 0 saturated heterocycles. The number of carbonyl (C=O) groups excluding carboxylic acids is 2. The number of carbonyl (C=O) groups is 2. The normalized spacial score (nSPS) is 40.3. The minimum atomic E-state index is -0.642. The molecule has 2 amide bonds. The molecular formula is C22H36N2O3. The highest BCUT2D eigenvalue weighted by molar-refractivity contribution is 5.81. The lowest BCUT2D eigenvalue weighted by molar-refractivity contribution is -0.126. The molecule has 4 unspecified atom stereocenters. The Morgan fingerprint density at radius 2 is 1.70 bits per heavy atom. The summed E-state index contributed by atoms with van der Waals surface area (Å²) in [5.41, 5.74) is -0.660. The number of rotatable bonds is 6. The largest absolute Gasteiger partial charge is 0.390 e. The van der Waals surface area contributed by atoms with E-state index in [4.69, 9.17) is 0 Å². The highest BCUT2D eigenvalue weighted by atomic mass is 16.3. The van der Waals surface area contributed by atoms with Crippen LogP contribution >= 0.6 is 0 Å². The molecule has 0 aromatic carbocycles. The highest BCUT2D eigenvalue weighted by Gasteiger charge is 2.61. The molecule has 0 aliphatic heterocycles. The van der Waals surface area contributed by atoms with Gasteiger partial charge in [-0.25, -0.2) is 0 Å². The monoisotopic (exact) mass is 376 g/mol. The molecule has 152 valence electrons. The molecule has 0 bridgehead atoms. The first-order valence-corrected chi connectivity index (χ1v) is 10.9. The van der Waals surface area contributed by atoms with Gasteiger partial charge in [-0.05, 0) is 81.5 Å². The first kappa shape index (κ1) is 19.2. The van der Waals surface area contributed by atoms with E-state index >= 15 is 0 Å². The van der Waals surface area contributed by atoms with Crippen molar-refractivity contribution >= 4 is 11.8 Å². The van der Waals surface area contributed by atoms with Crippen LogP contribution in [0.5, 0.6) is 0 Å². The van der Waals surface area contributed by atoms with E-state index < -0.39 is 5.60 Å². The summed E-state index contributed by atoms with van der Waals surface area (Å²) in [4.78, 5) is 25.0. The van der Waals surface area contributed by atoms with Crippen molar-refractivity contribution in [2.24, 2.45) is 22.7 Å². The van der Waals surface area contributed by atoms with Crippen LogP contribution in [0.15, 0.2) is 0 Å². The number of nitrogens with one attached hydrogen (secondary N) is 2. The van der Waals surface area contributed by atoms with Gasteiger partial charge < -0.3 is 15.7 Å². The molecule has 0 spiro atoms. The Morgan fingerprint density at radius 1 is 1.00 bits per heavy atom. The van der Waals surface area contributed by atoms with Crippen molar-refractivity contribution in [1.29, 1.82) is 0 Å². The number of amides is 2.